The Balaban J connectivity index is 1.59. The Morgan fingerprint density at radius 3 is 2.58 bits per heavy atom. The Morgan fingerprint density at radius 1 is 1.12 bits per heavy atom. The highest BCUT2D eigenvalue weighted by molar-refractivity contribution is 7.15. The van der Waals surface area contributed by atoms with E-state index >= 15 is 0 Å². The molecule has 0 amide bonds. The summed E-state index contributed by atoms with van der Waals surface area (Å²) in [6, 6.07) is 13.0. The molecule has 1 aromatic heterocycles. The number of aromatic hydroxyl groups is 1. The topological polar surface area (TPSA) is 67.3 Å². The van der Waals surface area contributed by atoms with E-state index in [1.807, 2.05) is 30.3 Å². The summed E-state index contributed by atoms with van der Waals surface area (Å²) in [6.45, 7) is 0.549. The summed E-state index contributed by atoms with van der Waals surface area (Å²) in [5.74, 6) is 0.581. The second kappa shape index (κ2) is 7.51. The molecule has 2 N–H and O–H groups in total. The summed E-state index contributed by atoms with van der Waals surface area (Å²) in [7, 11) is 1.52. The minimum Gasteiger partial charge on any atom is -0.504 e. The number of methoxy groups -OCH3 is 1. The Hall–Kier alpha value is -2.31. The van der Waals surface area contributed by atoms with Crippen molar-refractivity contribution >= 4 is 28.1 Å². The molecule has 24 heavy (non-hydrogen) atoms. The van der Waals surface area contributed by atoms with Gasteiger partial charge in [0.05, 0.1) is 7.11 Å². The van der Waals surface area contributed by atoms with Crippen molar-refractivity contribution in [2.24, 2.45) is 0 Å². The number of rotatable bonds is 6. The lowest BCUT2D eigenvalue weighted by atomic mass is 10.2. The van der Waals surface area contributed by atoms with Gasteiger partial charge in [-0.15, -0.1) is 10.2 Å². The third-order valence-corrected chi connectivity index (χ3v) is 4.56. The molecule has 0 bridgehead atoms. The Morgan fingerprint density at radius 2 is 1.88 bits per heavy atom. The fraction of sp³-hybridized carbons (Fsp3) is 0.176. The largest absolute Gasteiger partial charge is 0.504 e. The van der Waals surface area contributed by atoms with Crippen molar-refractivity contribution in [2.75, 3.05) is 12.4 Å². The van der Waals surface area contributed by atoms with Gasteiger partial charge in [0.2, 0.25) is 5.13 Å². The number of nitrogens with zero attached hydrogens (tertiary/aromatic N) is 2. The van der Waals surface area contributed by atoms with Gasteiger partial charge in [-0.25, -0.2) is 0 Å². The summed E-state index contributed by atoms with van der Waals surface area (Å²) in [6.07, 6.45) is 0.722. The highest BCUT2D eigenvalue weighted by Crippen LogP contribution is 2.27. The molecule has 0 saturated carbocycles. The first-order valence-electron chi connectivity index (χ1n) is 7.30. The molecule has 0 spiro atoms. The average Bonchev–Trinajstić information content (AvgIpc) is 3.03. The fourth-order valence-corrected chi connectivity index (χ4v) is 3.09. The Kier molecular flexibility index (Phi) is 5.17. The zero-order chi connectivity index (χ0) is 16.9. The van der Waals surface area contributed by atoms with Gasteiger partial charge in [0.15, 0.2) is 11.5 Å². The third kappa shape index (κ3) is 4.15. The van der Waals surface area contributed by atoms with Crippen LogP contribution in [0.3, 0.4) is 0 Å². The van der Waals surface area contributed by atoms with E-state index in [0.717, 1.165) is 32.7 Å². The minimum atomic E-state index is 0.123. The molecular weight excluding hydrogens is 346 g/mol. The van der Waals surface area contributed by atoms with Crippen LogP contribution >= 0.6 is 22.9 Å². The van der Waals surface area contributed by atoms with Gasteiger partial charge < -0.3 is 15.2 Å². The highest BCUT2D eigenvalue weighted by Gasteiger charge is 2.07. The van der Waals surface area contributed by atoms with E-state index in [9.17, 15) is 5.11 Å². The monoisotopic (exact) mass is 361 g/mol. The normalized spacial score (nSPS) is 10.6. The number of benzene rings is 2. The lowest BCUT2D eigenvalue weighted by molar-refractivity contribution is 0.373. The first-order chi connectivity index (χ1) is 11.6. The summed E-state index contributed by atoms with van der Waals surface area (Å²) < 4.78 is 5.03. The number of phenols is 1. The van der Waals surface area contributed by atoms with Crippen molar-refractivity contribution in [1.82, 2.24) is 10.2 Å². The molecule has 0 atom stereocenters. The Labute approximate surface area is 148 Å². The molecule has 124 valence electrons. The maximum Gasteiger partial charge on any atom is 0.205 e. The summed E-state index contributed by atoms with van der Waals surface area (Å²) in [4.78, 5) is 0. The van der Waals surface area contributed by atoms with Crippen LogP contribution in [-0.2, 0) is 13.0 Å². The maximum absolute atomic E-state index is 9.79. The smallest absolute Gasteiger partial charge is 0.205 e. The highest BCUT2D eigenvalue weighted by atomic mass is 35.5. The van der Waals surface area contributed by atoms with E-state index in [0.29, 0.717) is 12.3 Å². The molecule has 7 heteroatoms. The second-order valence-corrected chi connectivity index (χ2v) is 6.66. The van der Waals surface area contributed by atoms with E-state index < -0.39 is 0 Å². The van der Waals surface area contributed by atoms with Crippen LogP contribution < -0.4 is 10.1 Å². The van der Waals surface area contributed by atoms with Crippen molar-refractivity contribution in [1.29, 1.82) is 0 Å². The predicted octanol–water partition coefficient (Wildman–Crippen LogP) is 4.11. The van der Waals surface area contributed by atoms with Gasteiger partial charge in [0.1, 0.15) is 5.01 Å². The molecule has 0 unspecified atom stereocenters. The van der Waals surface area contributed by atoms with Crippen LogP contribution in [-0.4, -0.2) is 22.4 Å². The summed E-state index contributed by atoms with van der Waals surface area (Å²) in [5, 5.41) is 23.7. The molecule has 5 nitrogen and oxygen atoms in total. The third-order valence-electron chi connectivity index (χ3n) is 3.42. The van der Waals surface area contributed by atoms with Gasteiger partial charge in [0.25, 0.3) is 0 Å². The number of aromatic nitrogens is 2. The van der Waals surface area contributed by atoms with E-state index in [4.69, 9.17) is 16.3 Å². The molecular formula is C17H16ClN3O2S. The summed E-state index contributed by atoms with van der Waals surface area (Å²) in [5.41, 5.74) is 2.07. The van der Waals surface area contributed by atoms with Gasteiger partial charge in [-0.05, 0) is 35.4 Å². The van der Waals surface area contributed by atoms with Crippen LogP contribution in [0.2, 0.25) is 5.02 Å². The van der Waals surface area contributed by atoms with Crippen molar-refractivity contribution in [2.45, 2.75) is 13.0 Å². The quantitative estimate of drug-likeness (QED) is 0.691. The van der Waals surface area contributed by atoms with Crippen LogP contribution in [0, 0.1) is 0 Å². The summed E-state index contributed by atoms with van der Waals surface area (Å²) >= 11 is 7.40. The van der Waals surface area contributed by atoms with Crippen molar-refractivity contribution in [3.05, 3.63) is 63.6 Å². The number of halogens is 1. The van der Waals surface area contributed by atoms with Gasteiger partial charge in [-0.3, -0.25) is 0 Å². The molecule has 0 fully saturated rings. The van der Waals surface area contributed by atoms with Gasteiger partial charge in [-0.1, -0.05) is 41.1 Å². The number of hydrogen-bond donors (Lipinski definition) is 2. The maximum atomic E-state index is 9.79. The molecule has 0 saturated heterocycles. The zero-order valence-corrected chi connectivity index (χ0v) is 14.6. The van der Waals surface area contributed by atoms with Crippen LogP contribution in [0.15, 0.2) is 42.5 Å². The van der Waals surface area contributed by atoms with E-state index in [-0.39, 0.29) is 5.75 Å². The van der Waals surface area contributed by atoms with E-state index in [1.54, 1.807) is 12.1 Å². The predicted molar refractivity (Wildman–Crippen MR) is 96.2 cm³/mol. The molecule has 1 heterocycles. The SMILES string of the molecule is COc1ccc(CNc2nnc(Cc3ccc(Cl)cc3)s2)cc1O. The van der Waals surface area contributed by atoms with Crippen molar-refractivity contribution < 1.29 is 9.84 Å². The molecule has 0 radical (unpaired) electrons. The fourth-order valence-electron chi connectivity index (χ4n) is 2.20. The standard InChI is InChI=1S/C17H16ClN3O2S/c1-23-15-7-4-12(8-14(15)22)10-19-17-21-20-16(24-17)9-11-2-5-13(18)6-3-11/h2-8,22H,9-10H2,1H3,(H,19,21). The number of ether oxygens (including phenoxy) is 1. The molecule has 0 aliphatic carbocycles. The van der Waals surface area contributed by atoms with Gasteiger partial charge >= 0.3 is 0 Å². The zero-order valence-electron chi connectivity index (χ0n) is 13.0. The number of hydrogen-bond acceptors (Lipinski definition) is 6. The molecule has 3 rings (SSSR count). The second-order valence-electron chi connectivity index (χ2n) is 5.16. The van der Waals surface area contributed by atoms with Crippen LogP contribution in [0.4, 0.5) is 5.13 Å². The van der Waals surface area contributed by atoms with Gasteiger partial charge in [0, 0.05) is 18.0 Å². The van der Waals surface area contributed by atoms with Crippen LogP contribution in [0.25, 0.3) is 0 Å². The first-order valence-corrected chi connectivity index (χ1v) is 8.50. The molecule has 0 aliphatic heterocycles. The van der Waals surface area contributed by atoms with Gasteiger partial charge in [-0.2, -0.15) is 0 Å². The Bertz CT molecular complexity index is 821. The van der Waals surface area contributed by atoms with E-state index in [1.165, 1.54) is 18.4 Å². The first kappa shape index (κ1) is 16.5. The average molecular weight is 362 g/mol. The van der Waals surface area contributed by atoms with Crippen LogP contribution in [0.5, 0.6) is 11.5 Å². The lowest BCUT2D eigenvalue weighted by Crippen LogP contribution is -1.99. The number of nitrogens with one attached hydrogen (secondary N) is 1. The molecule has 3 aromatic rings. The van der Waals surface area contributed by atoms with Crippen molar-refractivity contribution in [3.8, 4) is 11.5 Å². The minimum absolute atomic E-state index is 0.123. The molecule has 2 aromatic carbocycles. The number of phenolic OH excluding ortho intramolecular Hbond substituents is 1. The molecule has 0 aliphatic rings. The van der Waals surface area contributed by atoms with Crippen LogP contribution in [0.1, 0.15) is 16.1 Å². The number of anilines is 1. The van der Waals surface area contributed by atoms with Crippen molar-refractivity contribution in [3.63, 3.8) is 0 Å². The van der Waals surface area contributed by atoms with E-state index in [2.05, 4.69) is 15.5 Å². The lowest BCUT2D eigenvalue weighted by Gasteiger charge is -2.06.